The van der Waals surface area contributed by atoms with Crippen molar-refractivity contribution in [3.8, 4) is 10.7 Å². The zero-order valence-corrected chi connectivity index (χ0v) is 12.3. The molecule has 0 unspecified atom stereocenters. The Morgan fingerprint density at radius 1 is 1.62 bits per heavy atom. The predicted molar refractivity (Wildman–Crippen MR) is 74.9 cm³/mol. The molecule has 2 aromatic rings. The first-order chi connectivity index (χ1) is 10.0. The standard InChI is InChI=1S/C13H15N3O4S/c1-13(19-6-11(17)18)7-16(8-13)5-10-14-12(15-20-10)9-3-2-4-21-9/h2-4H,5-8H2,1H3,(H,17,18). The molecule has 8 heteroatoms. The summed E-state index contributed by atoms with van der Waals surface area (Å²) in [5, 5.41) is 14.5. The SMILES string of the molecule is CC1(OCC(=O)O)CN(Cc2nc(-c3cccs3)no2)C1. The van der Waals surface area contributed by atoms with Gasteiger partial charge in [0.15, 0.2) is 0 Å². The van der Waals surface area contributed by atoms with Gasteiger partial charge in [-0.05, 0) is 18.4 Å². The predicted octanol–water partition coefficient (Wildman–Crippen LogP) is 1.47. The van der Waals surface area contributed by atoms with Crippen LogP contribution in [-0.4, -0.2) is 51.4 Å². The van der Waals surface area contributed by atoms with Crippen LogP contribution in [0.25, 0.3) is 10.7 Å². The maximum atomic E-state index is 10.5. The molecule has 1 N–H and O–H groups in total. The van der Waals surface area contributed by atoms with E-state index in [-0.39, 0.29) is 6.61 Å². The highest BCUT2D eigenvalue weighted by Gasteiger charge is 2.40. The van der Waals surface area contributed by atoms with Crippen LogP contribution >= 0.6 is 11.3 Å². The molecule has 0 bridgehead atoms. The Bertz CT molecular complexity index is 619. The second-order valence-electron chi connectivity index (χ2n) is 5.27. The van der Waals surface area contributed by atoms with Crippen LogP contribution in [0.15, 0.2) is 22.0 Å². The van der Waals surface area contributed by atoms with E-state index in [2.05, 4.69) is 15.0 Å². The molecule has 1 aliphatic rings. The van der Waals surface area contributed by atoms with Crippen molar-refractivity contribution in [1.29, 1.82) is 0 Å². The van der Waals surface area contributed by atoms with Crippen molar-refractivity contribution in [2.45, 2.75) is 19.1 Å². The van der Waals surface area contributed by atoms with Crippen LogP contribution in [0.3, 0.4) is 0 Å². The molecule has 0 radical (unpaired) electrons. The van der Waals surface area contributed by atoms with Crippen molar-refractivity contribution in [2.24, 2.45) is 0 Å². The van der Waals surface area contributed by atoms with Gasteiger partial charge in [0.2, 0.25) is 11.7 Å². The zero-order chi connectivity index (χ0) is 14.9. The Kier molecular flexibility index (Phi) is 3.75. The highest BCUT2D eigenvalue weighted by Crippen LogP contribution is 2.27. The van der Waals surface area contributed by atoms with E-state index in [0.717, 1.165) is 4.88 Å². The van der Waals surface area contributed by atoms with Gasteiger partial charge < -0.3 is 14.4 Å². The molecule has 1 aliphatic heterocycles. The lowest BCUT2D eigenvalue weighted by Crippen LogP contribution is -2.61. The third-order valence-electron chi connectivity index (χ3n) is 3.23. The van der Waals surface area contributed by atoms with E-state index in [0.29, 0.717) is 31.3 Å². The van der Waals surface area contributed by atoms with Gasteiger partial charge in [-0.15, -0.1) is 11.3 Å². The summed E-state index contributed by atoms with van der Waals surface area (Å²) < 4.78 is 10.6. The van der Waals surface area contributed by atoms with Gasteiger partial charge in [0, 0.05) is 13.1 Å². The molecule has 3 heterocycles. The number of hydrogen-bond donors (Lipinski definition) is 1. The molecule has 0 amide bonds. The van der Waals surface area contributed by atoms with Gasteiger partial charge in [-0.1, -0.05) is 11.2 Å². The Morgan fingerprint density at radius 3 is 3.10 bits per heavy atom. The lowest BCUT2D eigenvalue weighted by atomic mass is 9.96. The molecule has 112 valence electrons. The van der Waals surface area contributed by atoms with E-state index in [1.165, 1.54) is 0 Å². The van der Waals surface area contributed by atoms with Crippen molar-refractivity contribution in [3.05, 3.63) is 23.4 Å². The third kappa shape index (κ3) is 3.29. The minimum atomic E-state index is -0.952. The fourth-order valence-corrected chi connectivity index (χ4v) is 3.00. The number of rotatable bonds is 6. The first-order valence-electron chi connectivity index (χ1n) is 6.49. The molecule has 0 saturated carbocycles. The number of aliphatic carboxylic acids is 1. The maximum Gasteiger partial charge on any atom is 0.329 e. The fourth-order valence-electron chi connectivity index (χ4n) is 2.36. The monoisotopic (exact) mass is 309 g/mol. The van der Waals surface area contributed by atoms with E-state index in [4.69, 9.17) is 14.4 Å². The normalized spacial score (nSPS) is 17.6. The van der Waals surface area contributed by atoms with Crippen molar-refractivity contribution >= 4 is 17.3 Å². The van der Waals surface area contributed by atoms with Crippen LogP contribution in [-0.2, 0) is 16.1 Å². The number of carbonyl (C=O) groups is 1. The lowest BCUT2D eigenvalue weighted by Gasteiger charge is -2.46. The number of thiophene rings is 1. The zero-order valence-electron chi connectivity index (χ0n) is 11.5. The van der Waals surface area contributed by atoms with Crippen molar-refractivity contribution in [3.63, 3.8) is 0 Å². The molecular formula is C13H15N3O4S. The number of aromatic nitrogens is 2. The Labute approximate surface area is 125 Å². The number of carboxylic acid groups (broad SMARTS) is 1. The molecule has 1 saturated heterocycles. The van der Waals surface area contributed by atoms with Crippen LogP contribution in [0.2, 0.25) is 0 Å². The summed E-state index contributed by atoms with van der Waals surface area (Å²) in [4.78, 5) is 17.9. The number of ether oxygens (including phenoxy) is 1. The number of hydrogen-bond acceptors (Lipinski definition) is 7. The topological polar surface area (TPSA) is 88.7 Å². The van der Waals surface area contributed by atoms with Gasteiger partial charge in [-0.25, -0.2) is 4.79 Å². The Morgan fingerprint density at radius 2 is 2.43 bits per heavy atom. The number of likely N-dealkylation sites (tertiary alicyclic amines) is 1. The second-order valence-corrected chi connectivity index (χ2v) is 6.21. The molecule has 1 fully saturated rings. The Hall–Kier alpha value is -1.77. The molecule has 7 nitrogen and oxygen atoms in total. The minimum absolute atomic E-state index is 0.270. The van der Waals surface area contributed by atoms with Crippen LogP contribution in [0.1, 0.15) is 12.8 Å². The molecule has 0 aromatic carbocycles. The third-order valence-corrected chi connectivity index (χ3v) is 4.09. The molecule has 3 rings (SSSR count). The maximum absolute atomic E-state index is 10.5. The summed E-state index contributed by atoms with van der Waals surface area (Å²) in [6.07, 6.45) is 0. The first-order valence-corrected chi connectivity index (χ1v) is 7.37. The lowest BCUT2D eigenvalue weighted by molar-refractivity contribution is -0.166. The van der Waals surface area contributed by atoms with Gasteiger partial charge >= 0.3 is 5.97 Å². The average molecular weight is 309 g/mol. The molecule has 0 atom stereocenters. The molecule has 2 aromatic heterocycles. The summed E-state index contributed by atoms with van der Waals surface area (Å²) >= 11 is 1.56. The van der Waals surface area contributed by atoms with Gasteiger partial charge in [-0.2, -0.15) is 4.98 Å². The highest BCUT2D eigenvalue weighted by molar-refractivity contribution is 7.13. The van der Waals surface area contributed by atoms with Gasteiger partial charge in [0.05, 0.1) is 17.0 Å². The number of nitrogens with zero attached hydrogens (tertiary/aromatic N) is 3. The van der Waals surface area contributed by atoms with Crippen molar-refractivity contribution in [2.75, 3.05) is 19.7 Å². The fraction of sp³-hybridized carbons (Fsp3) is 0.462. The largest absolute Gasteiger partial charge is 0.480 e. The quantitative estimate of drug-likeness (QED) is 0.864. The van der Waals surface area contributed by atoms with Crippen LogP contribution in [0.4, 0.5) is 0 Å². The summed E-state index contributed by atoms with van der Waals surface area (Å²) in [6.45, 7) is 3.48. The van der Waals surface area contributed by atoms with E-state index in [9.17, 15) is 4.79 Å². The summed E-state index contributed by atoms with van der Waals surface area (Å²) in [5.74, 6) is 0.205. The van der Waals surface area contributed by atoms with E-state index < -0.39 is 11.6 Å². The summed E-state index contributed by atoms with van der Waals surface area (Å²) in [6, 6.07) is 3.89. The van der Waals surface area contributed by atoms with E-state index >= 15 is 0 Å². The van der Waals surface area contributed by atoms with Gasteiger partial charge in [-0.3, -0.25) is 4.90 Å². The van der Waals surface area contributed by atoms with Gasteiger partial charge in [0.1, 0.15) is 6.61 Å². The highest BCUT2D eigenvalue weighted by atomic mass is 32.1. The van der Waals surface area contributed by atoms with E-state index in [1.54, 1.807) is 11.3 Å². The Balaban J connectivity index is 1.52. The van der Waals surface area contributed by atoms with Crippen LogP contribution in [0, 0.1) is 0 Å². The van der Waals surface area contributed by atoms with Crippen LogP contribution in [0.5, 0.6) is 0 Å². The molecular weight excluding hydrogens is 294 g/mol. The number of carboxylic acids is 1. The van der Waals surface area contributed by atoms with Crippen molar-refractivity contribution in [1.82, 2.24) is 15.0 Å². The van der Waals surface area contributed by atoms with E-state index in [1.807, 2.05) is 24.4 Å². The van der Waals surface area contributed by atoms with Crippen molar-refractivity contribution < 1.29 is 19.2 Å². The van der Waals surface area contributed by atoms with Crippen LogP contribution < -0.4 is 0 Å². The molecule has 0 spiro atoms. The second kappa shape index (κ2) is 5.55. The summed E-state index contributed by atoms with van der Waals surface area (Å²) in [5.41, 5.74) is -0.408. The van der Waals surface area contributed by atoms with Gasteiger partial charge in [0.25, 0.3) is 0 Å². The minimum Gasteiger partial charge on any atom is -0.480 e. The first kappa shape index (κ1) is 14.2. The summed E-state index contributed by atoms with van der Waals surface area (Å²) in [7, 11) is 0. The molecule has 21 heavy (non-hydrogen) atoms. The molecule has 0 aliphatic carbocycles. The smallest absolute Gasteiger partial charge is 0.329 e. The average Bonchev–Trinajstić information content (AvgIpc) is 3.04.